The highest BCUT2D eigenvalue weighted by Gasteiger charge is 2.41. The highest BCUT2D eigenvalue weighted by Crippen LogP contribution is 2.40. The van der Waals surface area contributed by atoms with E-state index >= 15 is 0 Å². The number of carbonyl (C=O) groups is 2. The molecule has 0 aliphatic rings. The van der Waals surface area contributed by atoms with Crippen LogP contribution in [-0.4, -0.2) is 35.9 Å². The van der Waals surface area contributed by atoms with Crippen molar-refractivity contribution in [2.75, 3.05) is 5.32 Å². The maximum Gasteiger partial charge on any atom is 0.419 e. The van der Waals surface area contributed by atoms with Gasteiger partial charge in [0.1, 0.15) is 14.8 Å². The Bertz CT molecular complexity index is 1170. The van der Waals surface area contributed by atoms with E-state index in [0.29, 0.717) is 17.4 Å². The number of halogens is 3. The molecule has 2 rings (SSSR count). The molecule has 32 heavy (non-hydrogen) atoms. The van der Waals surface area contributed by atoms with Crippen LogP contribution in [0.3, 0.4) is 0 Å². The number of nitrogens with two attached hydrogens (primary N) is 1. The lowest BCUT2D eigenvalue weighted by Crippen LogP contribution is -2.36. The standard InChI is InChI=1S/C19H22F3N3O5S2/c1-17(2,3)11-7-6-10(19(20,21)22)15(24-11)32(29,30)12-8-9(13(23)26)14(31-12)25-16(27)18(4,5)28/h6-8,28H,1-5H3,(H2,23,26)(H,25,27). The summed E-state index contributed by atoms with van der Waals surface area (Å²) in [7, 11) is -4.88. The van der Waals surface area contributed by atoms with Crippen LogP contribution in [0.5, 0.6) is 0 Å². The number of alkyl halides is 3. The van der Waals surface area contributed by atoms with Crippen molar-refractivity contribution in [1.29, 1.82) is 0 Å². The number of pyridine rings is 1. The SMILES string of the molecule is CC(C)(O)C(=O)Nc1sc(S(=O)(=O)c2nc(C(C)(C)C)ccc2C(F)(F)F)cc1C(N)=O. The molecule has 0 bridgehead atoms. The minimum absolute atomic E-state index is 0.103. The van der Waals surface area contributed by atoms with Crippen molar-refractivity contribution in [1.82, 2.24) is 4.98 Å². The maximum atomic E-state index is 13.6. The normalized spacial score (nSPS) is 13.2. The molecule has 0 saturated carbocycles. The molecule has 0 fully saturated rings. The average molecular weight is 494 g/mol. The van der Waals surface area contributed by atoms with Crippen molar-refractivity contribution in [3.05, 3.63) is 35.0 Å². The zero-order valence-corrected chi connectivity index (χ0v) is 19.4. The van der Waals surface area contributed by atoms with E-state index in [1.807, 2.05) is 0 Å². The molecule has 2 amide bonds. The van der Waals surface area contributed by atoms with Crippen molar-refractivity contribution in [2.45, 2.75) is 61.0 Å². The van der Waals surface area contributed by atoms with Crippen molar-refractivity contribution in [3.63, 3.8) is 0 Å². The summed E-state index contributed by atoms with van der Waals surface area (Å²) in [6.45, 7) is 7.25. The van der Waals surface area contributed by atoms with Crippen LogP contribution in [0.2, 0.25) is 0 Å². The molecule has 4 N–H and O–H groups in total. The molecule has 0 radical (unpaired) electrons. The van der Waals surface area contributed by atoms with Crippen LogP contribution in [0, 0.1) is 0 Å². The van der Waals surface area contributed by atoms with Crippen molar-refractivity contribution < 1.29 is 36.3 Å². The number of sulfone groups is 1. The second-order valence-electron chi connectivity index (χ2n) is 8.49. The molecule has 0 atom stereocenters. The number of hydrogen-bond donors (Lipinski definition) is 3. The number of nitrogens with one attached hydrogen (secondary N) is 1. The number of rotatable bonds is 5. The van der Waals surface area contributed by atoms with Gasteiger partial charge in [0.15, 0.2) is 5.03 Å². The first-order valence-corrected chi connectivity index (χ1v) is 11.4. The molecule has 0 saturated heterocycles. The fraction of sp³-hybridized carbons (Fsp3) is 0.421. The van der Waals surface area contributed by atoms with Crippen LogP contribution in [0.1, 0.15) is 56.2 Å². The van der Waals surface area contributed by atoms with E-state index in [1.54, 1.807) is 20.8 Å². The molecule has 13 heteroatoms. The summed E-state index contributed by atoms with van der Waals surface area (Å²) in [5.41, 5.74) is 0.792. The average Bonchev–Trinajstić information content (AvgIpc) is 3.03. The van der Waals surface area contributed by atoms with E-state index in [4.69, 9.17) is 5.73 Å². The van der Waals surface area contributed by atoms with Gasteiger partial charge in [-0.1, -0.05) is 20.8 Å². The van der Waals surface area contributed by atoms with Gasteiger partial charge >= 0.3 is 6.18 Å². The number of aromatic nitrogens is 1. The summed E-state index contributed by atoms with van der Waals surface area (Å²) in [4.78, 5) is 27.6. The minimum atomic E-state index is -5.02. The zero-order valence-electron chi connectivity index (χ0n) is 17.8. The van der Waals surface area contributed by atoms with Gasteiger partial charge in [0.25, 0.3) is 11.8 Å². The van der Waals surface area contributed by atoms with Crippen LogP contribution in [0.25, 0.3) is 0 Å². The van der Waals surface area contributed by atoms with Gasteiger partial charge in [-0.15, -0.1) is 11.3 Å². The lowest BCUT2D eigenvalue weighted by Gasteiger charge is -2.20. The Morgan fingerprint density at radius 2 is 1.69 bits per heavy atom. The number of hydrogen-bond acceptors (Lipinski definition) is 7. The highest BCUT2D eigenvalue weighted by atomic mass is 32.2. The topological polar surface area (TPSA) is 139 Å². The Balaban J connectivity index is 2.75. The quantitative estimate of drug-likeness (QED) is 0.585. The Kier molecular flexibility index (Phi) is 6.53. The maximum absolute atomic E-state index is 13.6. The predicted molar refractivity (Wildman–Crippen MR) is 111 cm³/mol. The largest absolute Gasteiger partial charge is 0.419 e. The van der Waals surface area contributed by atoms with E-state index in [1.165, 1.54) is 0 Å². The molecule has 0 aliphatic carbocycles. The van der Waals surface area contributed by atoms with Crippen LogP contribution in [0.4, 0.5) is 18.2 Å². The summed E-state index contributed by atoms with van der Waals surface area (Å²) in [6, 6.07) is 2.51. The summed E-state index contributed by atoms with van der Waals surface area (Å²) in [5.74, 6) is -2.10. The first-order chi connectivity index (χ1) is 14.3. The smallest absolute Gasteiger partial charge is 0.381 e. The Morgan fingerprint density at radius 3 is 2.12 bits per heavy atom. The summed E-state index contributed by atoms with van der Waals surface area (Å²) < 4.78 is 66.4. The Hall–Kier alpha value is -2.51. The van der Waals surface area contributed by atoms with Crippen LogP contribution >= 0.6 is 11.3 Å². The van der Waals surface area contributed by atoms with Gasteiger partial charge in [-0.2, -0.15) is 13.2 Å². The summed E-state index contributed by atoms with van der Waals surface area (Å²) in [5, 5.41) is 10.4. The monoisotopic (exact) mass is 493 g/mol. The molecule has 0 spiro atoms. The van der Waals surface area contributed by atoms with E-state index in [9.17, 15) is 36.3 Å². The second-order valence-corrected chi connectivity index (χ2v) is 11.6. The second kappa shape index (κ2) is 8.12. The van der Waals surface area contributed by atoms with Crippen LogP contribution in [0.15, 0.2) is 27.4 Å². The Morgan fingerprint density at radius 1 is 1.12 bits per heavy atom. The highest BCUT2D eigenvalue weighted by molar-refractivity contribution is 7.93. The van der Waals surface area contributed by atoms with Gasteiger partial charge in [0.2, 0.25) is 9.84 Å². The lowest BCUT2D eigenvalue weighted by molar-refractivity contribution is -0.140. The van der Waals surface area contributed by atoms with Crippen molar-refractivity contribution in [3.8, 4) is 0 Å². The van der Waals surface area contributed by atoms with E-state index < -0.39 is 59.2 Å². The van der Waals surface area contributed by atoms with Crippen molar-refractivity contribution >= 4 is 38.0 Å². The molecular formula is C19H22F3N3O5S2. The van der Waals surface area contributed by atoms with E-state index in [-0.39, 0.29) is 10.7 Å². The number of nitrogens with zero attached hydrogens (tertiary/aromatic N) is 1. The molecule has 2 heterocycles. The molecule has 176 valence electrons. The van der Waals surface area contributed by atoms with Gasteiger partial charge < -0.3 is 16.2 Å². The molecule has 2 aromatic heterocycles. The Labute approximate surface area is 186 Å². The first-order valence-electron chi connectivity index (χ1n) is 9.07. The lowest BCUT2D eigenvalue weighted by atomic mass is 9.91. The molecule has 8 nitrogen and oxygen atoms in total. The number of amides is 2. The van der Waals surface area contributed by atoms with E-state index in [2.05, 4.69) is 10.3 Å². The number of aliphatic hydroxyl groups is 1. The molecular weight excluding hydrogens is 471 g/mol. The fourth-order valence-corrected chi connectivity index (χ4v) is 5.28. The summed E-state index contributed by atoms with van der Waals surface area (Å²) in [6.07, 6.45) is -5.02. The fourth-order valence-electron chi connectivity index (χ4n) is 2.41. The third-order valence-corrected chi connectivity index (χ3v) is 7.43. The number of anilines is 1. The van der Waals surface area contributed by atoms with Gasteiger partial charge in [0, 0.05) is 11.1 Å². The summed E-state index contributed by atoms with van der Waals surface area (Å²) >= 11 is 0.328. The van der Waals surface area contributed by atoms with Crippen LogP contribution < -0.4 is 11.1 Å². The van der Waals surface area contributed by atoms with Gasteiger partial charge in [-0.05, 0) is 32.0 Å². The van der Waals surface area contributed by atoms with Gasteiger partial charge in [0.05, 0.1) is 11.1 Å². The van der Waals surface area contributed by atoms with E-state index in [0.717, 1.165) is 26.0 Å². The molecule has 0 unspecified atom stereocenters. The molecule has 0 aromatic carbocycles. The molecule has 2 aromatic rings. The number of primary amides is 1. The van der Waals surface area contributed by atoms with Crippen molar-refractivity contribution in [2.24, 2.45) is 5.73 Å². The first kappa shape index (κ1) is 25.7. The number of thiophene rings is 1. The molecule has 0 aliphatic heterocycles. The minimum Gasteiger partial charge on any atom is -0.381 e. The third kappa shape index (κ3) is 5.27. The predicted octanol–water partition coefficient (Wildman–Crippen LogP) is 3.10. The van der Waals surface area contributed by atoms with Gasteiger partial charge in [-0.3, -0.25) is 9.59 Å². The van der Waals surface area contributed by atoms with Crippen LogP contribution in [-0.2, 0) is 26.2 Å². The van der Waals surface area contributed by atoms with Gasteiger partial charge in [-0.25, -0.2) is 13.4 Å². The third-order valence-electron chi connectivity index (χ3n) is 4.21. The zero-order chi connectivity index (χ0) is 24.9. The number of carbonyl (C=O) groups excluding carboxylic acids is 2.